The summed E-state index contributed by atoms with van der Waals surface area (Å²) in [5.74, 6) is -1.61. The third-order valence-electron chi connectivity index (χ3n) is 3.91. The summed E-state index contributed by atoms with van der Waals surface area (Å²) in [5, 5.41) is 18.8. The van der Waals surface area contributed by atoms with Gasteiger partial charge in [0.15, 0.2) is 9.84 Å². The fourth-order valence-electron chi connectivity index (χ4n) is 2.80. The minimum Gasteiger partial charge on any atom is -0.481 e. The second-order valence-electron chi connectivity index (χ2n) is 6.01. The van der Waals surface area contributed by atoms with Crippen molar-refractivity contribution in [3.8, 4) is 0 Å². The molecule has 0 aromatic rings. The van der Waals surface area contributed by atoms with Crippen molar-refractivity contribution in [3.05, 3.63) is 0 Å². The molecule has 120 valence electrons. The van der Waals surface area contributed by atoms with Crippen LogP contribution in [0.4, 0.5) is 4.79 Å². The average Bonchev–Trinajstić information content (AvgIpc) is 2.67. The van der Waals surface area contributed by atoms with Gasteiger partial charge in [-0.15, -0.1) is 0 Å². The number of β-amino-alcohol motifs (C(OH)–C–C–N with tert-alkyl or cyclic N) is 1. The van der Waals surface area contributed by atoms with E-state index in [4.69, 9.17) is 5.11 Å². The molecule has 2 unspecified atom stereocenters. The molecule has 0 bridgehead atoms. The zero-order valence-electron chi connectivity index (χ0n) is 11.9. The Morgan fingerprint density at radius 1 is 1.33 bits per heavy atom. The van der Waals surface area contributed by atoms with Crippen molar-refractivity contribution in [2.45, 2.75) is 31.4 Å². The summed E-state index contributed by atoms with van der Waals surface area (Å²) >= 11 is 0. The molecule has 8 nitrogen and oxygen atoms in total. The molecule has 0 aromatic carbocycles. The van der Waals surface area contributed by atoms with Crippen LogP contribution >= 0.6 is 0 Å². The van der Waals surface area contributed by atoms with E-state index >= 15 is 0 Å². The van der Waals surface area contributed by atoms with Crippen molar-refractivity contribution in [1.82, 2.24) is 9.80 Å². The fourth-order valence-corrected chi connectivity index (χ4v) is 4.32. The molecular weight excluding hydrogens is 300 g/mol. The molecule has 0 saturated carbocycles. The molecule has 2 heterocycles. The minimum absolute atomic E-state index is 0.00223. The van der Waals surface area contributed by atoms with E-state index in [1.807, 2.05) is 0 Å². The zero-order valence-corrected chi connectivity index (χ0v) is 12.7. The van der Waals surface area contributed by atoms with Gasteiger partial charge in [-0.25, -0.2) is 13.2 Å². The van der Waals surface area contributed by atoms with Crippen LogP contribution < -0.4 is 0 Å². The SMILES string of the molecule is CC1(O)CCN(C(=O)N2CCS(=O)(=O)CC2CC(=O)O)C1. The Labute approximate surface area is 123 Å². The van der Waals surface area contributed by atoms with Crippen molar-refractivity contribution in [2.75, 3.05) is 31.1 Å². The van der Waals surface area contributed by atoms with Gasteiger partial charge in [0.2, 0.25) is 0 Å². The van der Waals surface area contributed by atoms with E-state index in [0.29, 0.717) is 13.0 Å². The molecule has 2 aliphatic heterocycles. The van der Waals surface area contributed by atoms with Crippen LogP contribution in [0.15, 0.2) is 0 Å². The van der Waals surface area contributed by atoms with E-state index < -0.39 is 39.9 Å². The number of nitrogens with zero attached hydrogens (tertiary/aromatic N) is 2. The van der Waals surface area contributed by atoms with Gasteiger partial charge in [0.05, 0.1) is 36.1 Å². The van der Waals surface area contributed by atoms with Gasteiger partial charge < -0.3 is 20.0 Å². The molecule has 2 aliphatic rings. The number of hydrogen-bond acceptors (Lipinski definition) is 5. The maximum atomic E-state index is 12.4. The molecule has 2 rings (SSSR count). The van der Waals surface area contributed by atoms with Crippen molar-refractivity contribution < 1.29 is 28.2 Å². The number of carbonyl (C=O) groups is 2. The van der Waals surface area contributed by atoms with Crippen LogP contribution in [0.25, 0.3) is 0 Å². The number of carboxylic acid groups (broad SMARTS) is 1. The number of rotatable bonds is 2. The highest BCUT2D eigenvalue weighted by Gasteiger charge is 2.41. The van der Waals surface area contributed by atoms with Gasteiger partial charge in [-0.1, -0.05) is 0 Å². The Morgan fingerprint density at radius 2 is 2.00 bits per heavy atom. The molecule has 0 aromatic heterocycles. The summed E-state index contributed by atoms with van der Waals surface area (Å²) in [6, 6.07) is -1.24. The first-order valence-electron chi connectivity index (χ1n) is 6.80. The third-order valence-corrected chi connectivity index (χ3v) is 5.61. The van der Waals surface area contributed by atoms with Crippen molar-refractivity contribution in [2.24, 2.45) is 0 Å². The van der Waals surface area contributed by atoms with Crippen LogP contribution in [-0.2, 0) is 14.6 Å². The Bertz CT molecular complexity index is 544. The monoisotopic (exact) mass is 320 g/mol. The molecule has 2 saturated heterocycles. The Hall–Kier alpha value is -1.35. The minimum atomic E-state index is -3.32. The predicted octanol–water partition coefficient (Wildman–Crippen LogP) is -0.863. The summed E-state index contributed by atoms with van der Waals surface area (Å²) in [5.41, 5.74) is -0.945. The first-order valence-corrected chi connectivity index (χ1v) is 8.62. The highest BCUT2D eigenvalue weighted by Crippen LogP contribution is 2.24. The number of sulfone groups is 1. The molecule has 9 heteroatoms. The van der Waals surface area contributed by atoms with Crippen LogP contribution in [0.5, 0.6) is 0 Å². The number of likely N-dealkylation sites (tertiary alicyclic amines) is 1. The van der Waals surface area contributed by atoms with E-state index in [1.165, 1.54) is 9.80 Å². The van der Waals surface area contributed by atoms with Gasteiger partial charge in [0.1, 0.15) is 0 Å². The Kier molecular flexibility index (Phi) is 4.16. The highest BCUT2D eigenvalue weighted by atomic mass is 32.2. The molecule has 0 aliphatic carbocycles. The smallest absolute Gasteiger partial charge is 0.320 e. The summed E-state index contributed by atoms with van der Waals surface area (Å²) < 4.78 is 23.3. The lowest BCUT2D eigenvalue weighted by Crippen LogP contribution is -2.55. The molecular formula is C12H20N2O6S. The molecule has 0 spiro atoms. The van der Waals surface area contributed by atoms with Gasteiger partial charge in [0, 0.05) is 13.1 Å². The fraction of sp³-hybridized carbons (Fsp3) is 0.833. The lowest BCUT2D eigenvalue weighted by Gasteiger charge is -2.37. The quantitative estimate of drug-likeness (QED) is 0.684. The second-order valence-corrected chi connectivity index (χ2v) is 8.24. The number of amides is 2. The van der Waals surface area contributed by atoms with Gasteiger partial charge in [-0.05, 0) is 13.3 Å². The molecule has 0 radical (unpaired) electrons. The summed E-state index contributed by atoms with van der Waals surface area (Å²) in [7, 11) is -3.32. The van der Waals surface area contributed by atoms with E-state index in [2.05, 4.69) is 0 Å². The summed E-state index contributed by atoms with van der Waals surface area (Å²) in [4.78, 5) is 26.1. The standard InChI is InChI=1S/C12H20N2O6S/c1-12(18)2-3-13(8-12)11(17)14-4-5-21(19,20)7-9(14)6-10(15)16/h9,18H,2-8H2,1H3,(H,15,16). The maximum Gasteiger partial charge on any atom is 0.320 e. The van der Waals surface area contributed by atoms with Gasteiger partial charge in [0.25, 0.3) is 0 Å². The normalized spacial score (nSPS) is 32.2. The Balaban J connectivity index is 2.12. The summed E-state index contributed by atoms with van der Waals surface area (Å²) in [6.45, 7) is 2.19. The lowest BCUT2D eigenvalue weighted by atomic mass is 10.1. The number of aliphatic carboxylic acids is 1. The van der Waals surface area contributed by atoms with Gasteiger partial charge >= 0.3 is 12.0 Å². The van der Waals surface area contributed by atoms with Crippen molar-refractivity contribution in [1.29, 1.82) is 0 Å². The predicted molar refractivity (Wildman–Crippen MR) is 73.6 cm³/mol. The number of hydrogen-bond donors (Lipinski definition) is 2. The van der Waals surface area contributed by atoms with Crippen molar-refractivity contribution in [3.63, 3.8) is 0 Å². The third kappa shape index (κ3) is 3.85. The van der Waals surface area contributed by atoms with Gasteiger partial charge in [-0.3, -0.25) is 4.79 Å². The van der Waals surface area contributed by atoms with Gasteiger partial charge in [-0.2, -0.15) is 0 Å². The van der Waals surface area contributed by atoms with Crippen molar-refractivity contribution >= 4 is 21.8 Å². The zero-order chi connectivity index (χ0) is 15.8. The first-order chi connectivity index (χ1) is 9.60. The van der Waals surface area contributed by atoms with Crippen LogP contribution in [0.3, 0.4) is 0 Å². The van der Waals surface area contributed by atoms with Crippen LogP contribution in [0.2, 0.25) is 0 Å². The molecule has 2 amide bonds. The number of aliphatic hydroxyl groups is 1. The van der Waals surface area contributed by atoms with E-state index in [9.17, 15) is 23.1 Å². The molecule has 2 N–H and O–H groups in total. The number of carboxylic acids is 1. The maximum absolute atomic E-state index is 12.4. The lowest BCUT2D eigenvalue weighted by molar-refractivity contribution is -0.138. The number of urea groups is 1. The first kappa shape index (κ1) is 16.0. The number of carbonyl (C=O) groups excluding carboxylic acids is 1. The Morgan fingerprint density at radius 3 is 2.52 bits per heavy atom. The van der Waals surface area contributed by atoms with E-state index in [-0.39, 0.29) is 24.6 Å². The van der Waals surface area contributed by atoms with Crippen LogP contribution in [0, 0.1) is 0 Å². The van der Waals surface area contributed by atoms with Crippen LogP contribution in [-0.4, -0.2) is 83.2 Å². The highest BCUT2D eigenvalue weighted by molar-refractivity contribution is 7.91. The van der Waals surface area contributed by atoms with Crippen LogP contribution in [0.1, 0.15) is 19.8 Å². The second kappa shape index (κ2) is 5.45. The summed E-state index contributed by atoms with van der Waals surface area (Å²) in [6.07, 6.45) is 0.0592. The average molecular weight is 320 g/mol. The largest absolute Gasteiger partial charge is 0.481 e. The topological polar surface area (TPSA) is 115 Å². The molecule has 2 atom stereocenters. The van der Waals surface area contributed by atoms with E-state index in [0.717, 1.165) is 0 Å². The molecule has 21 heavy (non-hydrogen) atoms. The van der Waals surface area contributed by atoms with E-state index in [1.54, 1.807) is 6.92 Å². The molecule has 2 fully saturated rings.